The molecule has 0 fully saturated rings. The Bertz CT molecular complexity index is 874. The first-order valence-electron chi connectivity index (χ1n) is 7.03. The van der Waals surface area contributed by atoms with Crippen molar-refractivity contribution in [2.75, 3.05) is 0 Å². The predicted molar refractivity (Wildman–Crippen MR) is 82.7 cm³/mol. The summed E-state index contributed by atoms with van der Waals surface area (Å²) in [4.78, 5) is 23.7. The van der Waals surface area contributed by atoms with E-state index in [1.165, 1.54) is 30.7 Å². The molecular weight excluding hydrogens is 313 g/mol. The lowest BCUT2D eigenvalue weighted by molar-refractivity contribution is 0.101. The summed E-state index contributed by atoms with van der Waals surface area (Å²) in [6, 6.07) is 7.49. The van der Waals surface area contributed by atoms with Gasteiger partial charge in [-0.1, -0.05) is 12.1 Å². The van der Waals surface area contributed by atoms with E-state index >= 15 is 0 Å². The van der Waals surface area contributed by atoms with E-state index in [0.29, 0.717) is 12.3 Å². The molecule has 2 heterocycles. The van der Waals surface area contributed by atoms with Gasteiger partial charge in [0.05, 0.1) is 6.20 Å². The fourth-order valence-electron chi connectivity index (χ4n) is 1.97. The lowest BCUT2D eigenvalue weighted by Gasteiger charge is -1.97. The van der Waals surface area contributed by atoms with Crippen LogP contribution in [0.15, 0.2) is 59.4 Å². The highest BCUT2D eigenvalue weighted by Gasteiger charge is 2.13. The number of nitrogens with zero attached hydrogens (tertiary/aromatic N) is 3. The number of carbonyl (C=O) groups excluding carboxylic acids is 1. The minimum atomic E-state index is -0.558. The van der Waals surface area contributed by atoms with Crippen molar-refractivity contribution in [1.29, 1.82) is 0 Å². The maximum absolute atomic E-state index is 12.9. The number of halogens is 1. The molecule has 0 saturated heterocycles. The summed E-state index contributed by atoms with van der Waals surface area (Å²) in [6.07, 6.45) is 5.47. The fourth-order valence-corrected chi connectivity index (χ4v) is 1.97. The number of aliphatic hydroxyl groups is 1. The minimum Gasteiger partial charge on any atom is -0.504 e. The van der Waals surface area contributed by atoms with Crippen LogP contribution in [-0.4, -0.2) is 25.8 Å². The van der Waals surface area contributed by atoms with E-state index in [-0.39, 0.29) is 23.2 Å². The van der Waals surface area contributed by atoms with Gasteiger partial charge in [-0.05, 0) is 23.8 Å². The number of aromatic nitrogens is 3. The Morgan fingerprint density at radius 2 is 1.88 bits per heavy atom. The van der Waals surface area contributed by atoms with E-state index in [1.807, 2.05) is 0 Å². The van der Waals surface area contributed by atoms with Crippen LogP contribution in [0, 0.1) is 5.82 Å². The van der Waals surface area contributed by atoms with Crippen LogP contribution in [0.4, 0.5) is 4.39 Å². The zero-order chi connectivity index (χ0) is 16.9. The molecule has 0 bridgehead atoms. The van der Waals surface area contributed by atoms with Crippen LogP contribution in [0.25, 0.3) is 5.76 Å². The van der Waals surface area contributed by atoms with Crippen molar-refractivity contribution in [2.45, 2.75) is 6.42 Å². The summed E-state index contributed by atoms with van der Waals surface area (Å²) < 4.78 is 18.2. The number of hydrogen-bond donors (Lipinski definition) is 1. The molecule has 3 rings (SSSR count). The summed E-state index contributed by atoms with van der Waals surface area (Å²) >= 11 is 0. The zero-order valence-corrected chi connectivity index (χ0v) is 12.4. The second kappa shape index (κ2) is 6.82. The smallest absolute Gasteiger partial charge is 0.226 e. The Hall–Kier alpha value is -3.35. The molecule has 1 aromatic carbocycles. The van der Waals surface area contributed by atoms with Gasteiger partial charge in [0.2, 0.25) is 5.78 Å². The Morgan fingerprint density at radius 1 is 1.17 bits per heavy atom. The largest absolute Gasteiger partial charge is 0.504 e. The van der Waals surface area contributed by atoms with Crippen molar-refractivity contribution in [1.82, 2.24) is 15.0 Å². The van der Waals surface area contributed by atoms with Crippen LogP contribution in [0.3, 0.4) is 0 Å². The molecule has 0 spiro atoms. The van der Waals surface area contributed by atoms with Crippen LogP contribution < -0.4 is 0 Å². The predicted octanol–water partition coefficient (Wildman–Crippen LogP) is 2.98. The maximum Gasteiger partial charge on any atom is 0.226 e. The Balaban J connectivity index is 1.73. The van der Waals surface area contributed by atoms with E-state index < -0.39 is 5.78 Å². The van der Waals surface area contributed by atoms with Gasteiger partial charge in [-0.3, -0.25) is 4.79 Å². The SMILES string of the molecule is O=C(/C=C(\O)c1ncccn1)c1cnc(Cc2ccc(F)cc2)o1. The third-order valence-corrected chi connectivity index (χ3v) is 3.13. The quantitative estimate of drug-likeness (QED) is 0.441. The molecule has 0 unspecified atom stereocenters. The third kappa shape index (κ3) is 3.70. The van der Waals surface area contributed by atoms with Crippen molar-refractivity contribution in [3.8, 4) is 0 Å². The van der Waals surface area contributed by atoms with Crippen LogP contribution in [0.1, 0.15) is 27.8 Å². The third-order valence-electron chi connectivity index (χ3n) is 3.13. The average Bonchev–Trinajstić information content (AvgIpc) is 3.06. The highest BCUT2D eigenvalue weighted by Crippen LogP contribution is 2.13. The number of aliphatic hydroxyl groups excluding tert-OH is 1. The molecule has 0 radical (unpaired) electrons. The van der Waals surface area contributed by atoms with Crippen molar-refractivity contribution in [3.63, 3.8) is 0 Å². The Morgan fingerprint density at radius 3 is 2.58 bits per heavy atom. The summed E-state index contributed by atoms with van der Waals surface area (Å²) in [5.74, 6) is -0.916. The van der Waals surface area contributed by atoms with E-state index in [2.05, 4.69) is 15.0 Å². The van der Waals surface area contributed by atoms with E-state index in [0.717, 1.165) is 11.6 Å². The topological polar surface area (TPSA) is 89.1 Å². The van der Waals surface area contributed by atoms with Gasteiger partial charge < -0.3 is 9.52 Å². The number of carbonyl (C=O) groups is 1. The first kappa shape index (κ1) is 15.5. The number of allylic oxidation sites excluding steroid dienone is 1. The van der Waals surface area contributed by atoms with Gasteiger partial charge in [0.25, 0.3) is 0 Å². The van der Waals surface area contributed by atoms with Crippen LogP contribution >= 0.6 is 0 Å². The molecule has 0 aliphatic rings. The molecule has 24 heavy (non-hydrogen) atoms. The number of hydrogen-bond acceptors (Lipinski definition) is 6. The Labute approximate surface area is 136 Å². The van der Waals surface area contributed by atoms with E-state index in [1.54, 1.807) is 18.2 Å². The van der Waals surface area contributed by atoms with Gasteiger partial charge in [-0.25, -0.2) is 19.3 Å². The van der Waals surface area contributed by atoms with Gasteiger partial charge in [0, 0.05) is 24.9 Å². The fraction of sp³-hybridized carbons (Fsp3) is 0.0588. The van der Waals surface area contributed by atoms with Gasteiger partial charge in [-0.15, -0.1) is 0 Å². The molecule has 0 aliphatic carbocycles. The van der Waals surface area contributed by atoms with Gasteiger partial charge >= 0.3 is 0 Å². The molecule has 0 saturated carbocycles. The number of ketones is 1. The summed E-state index contributed by atoms with van der Waals surface area (Å²) in [5, 5.41) is 9.84. The number of oxazole rings is 1. The standard InChI is InChI=1S/C17H12FN3O3/c18-12-4-2-11(3-5-12)8-16-21-10-15(24-16)13(22)9-14(23)17-19-6-1-7-20-17/h1-7,9-10,23H,8H2/b14-9-. The molecule has 120 valence electrons. The summed E-state index contributed by atoms with van der Waals surface area (Å²) in [6.45, 7) is 0. The van der Waals surface area contributed by atoms with Crippen molar-refractivity contribution in [2.24, 2.45) is 0 Å². The molecule has 1 N–H and O–H groups in total. The van der Waals surface area contributed by atoms with Crippen molar-refractivity contribution < 1.29 is 18.7 Å². The number of benzene rings is 1. The summed E-state index contributed by atoms with van der Waals surface area (Å²) in [5.41, 5.74) is 0.799. The lowest BCUT2D eigenvalue weighted by atomic mass is 10.1. The Kier molecular flexibility index (Phi) is 4.42. The second-order valence-corrected chi connectivity index (χ2v) is 4.89. The number of rotatable bonds is 5. The monoisotopic (exact) mass is 325 g/mol. The van der Waals surface area contributed by atoms with Crippen LogP contribution in [0.2, 0.25) is 0 Å². The van der Waals surface area contributed by atoms with Crippen LogP contribution in [0.5, 0.6) is 0 Å². The molecule has 2 aromatic heterocycles. The lowest BCUT2D eigenvalue weighted by Crippen LogP contribution is -1.97. The minimum absolute atomic E-state index is 0.0189. The first-order chi connectivity index (χ1) is 11.6. The second-order valence-electron chi connectivity index (χ2n) is 4.89. The van der Waals surface area contributed by atoms with E-state index in [9.17, 15) is 14.3 Å². The van der Waals surface area contributed by atoms with E-state index in [4.69, 9.17) is 4.42 Å². The van der Waals surface area contributed by atoms with Crippen molar-refractivity contribution in [3.05, 3.63) is 83.9 Å². The highest BCUT2D eigenvalue weighted by molar-refractivity contribution is 6.05. The first-order valence-corrected chi connectivity index (χ1v) is 7.03. The maximum atomic E-state index is 12.9. The highest BCUT2D eigenvalue weighted by atomic mass is 19.1. The van der Waals surface area contributed by atoms with Crippen molar-refractivity contribution >= 4 is 11.5 Å². The van der Waals surface area contributed by atoms with Gasteiger partial charge in [0.1, 0.15) is 5.82 Å². The van der Waals surface area contributed by atoms with Gasteiger partial charge in [-0.2, -0.15) is 0 Å². The molecule has 3 aromatic rings. The molecule has 7 heteroatoms. The molecule has 6 nitrogen and oxygen atoms in total. The van der Waals surface area contributed by atoms with Crippen LogP contribution in [-0.2, 0) is 6.42 Å². The average molecular weight is 325 g/mol. The summed E-state index contributed by atoms with van der Waals surface area (Å²) in [7, 11) is 0. The zero-order valence-electron chi connectivity index (χ0n) is 12.4. The molecule has 0 atom stereocenters. The molecular formula is C17H12FN3O3. The van der Waals surface area contributed by atoms with Gasteiger partial charge in [0.15, 0.2) is 23.2 Å². The molecule has 0 amide bonds. The normalized spacial score (nSPS) is 11.5. The molecule has 0 aliphatic heterocycles.